The monoisotopic (exact) mass is 667 g/mol. The third kappa shape index (κ3) is 4.87. The zero-order valence-corrected chi connectivity index (χ0v) is 28.8. The second kappa shape index (κ2) is 11.7. The number of fused-ring (bicyclic) bond motifs is 6. The van der Waals surface area contributed by atoms with Crippen molar-refractivity contribution in [3.05, 3.63) is 175 Å². The lowest BCUT2D eigenvalue weighted by molar-refractivity contribution is 0.660. The average Bonchev–Trinajstić information content (AvgIpc) is 3.70. The van der Waals surface area contributed by atoms with E-state index in [-0.39, 0.29) is 5.41 Å². The lowest BCUT2D eigenvalue weighted by Crippen LogP contribution is -2.15. The molecule has 0 amide bonds. The fourth-order valence-electron chi connectivity index (χ4n) is 7.87. The molecule has 0 fully saturated rings. The molecular formula is C48H33N3O. The van der Waals surface area contributed by atoms with E-state index in [4.69, 9.17) is 19.4 Å². The Morgan fingerprint density at radius 2 is 0.923 bits per heavy atom. The highest BCUT2D eigenvalue weighted by Gasteiger charge is 2.35. The molecular weight excluding hydrogens is 635 g/mol. The number of hydrogen-bond donors (Lipinski definition) is 0. The minimum atomic E-state index is -0.130. The van der Waals surface area contributed by atoms with Gasteiger partial charge in [0, 0.05) is 32.9 Å². The van der Waals surface area contributed by atoms with E-state index < -0.39 is 0 Å². The molecule has 2 heterocycles. The number of rotatable bonds is 5. The van der Waals surface area contributed by atoms with Gasteiger partial charge in [-0.3, -0.25) is 0 Å². The highest BCUT2D eigenvalue weighted by Crippen LogP contribution is 2.49. The molecule has 0 atom stereocenters. The predicted octanol–water partition coefficient (Wildman–Crippen LogP) is 12.4. The molecule has 0 N–H and O–H groups in total. The Bertz CT molecular complexity index is 2800. The van der Waals surface area contributed by atoms with E-state index in [1.165, 1.54) is 33.4 Å². The minimum absolute atomic E-state index is 0.130. The highest BCUT2D eigenvalue weighted by molar-refractivity contribution is 6.13. The summed E-state index contributed by atoms with van der Waals surface area (Å²) < 4.78 is 6.53. The van der Waals surface area contributed by atoms with Crippen LogP contribution in [0.3, 0.4) is 0 Å². The third-order valence-electron chi connectivity index (χ3n) is 10.6. The molecule has 0 aliphatic heterocycles. The Morgan fingerprint density at radius 3 is 1.67 bits per heavy atom. The topological polar surface area (TPSA) is 51.8 Å². The smallest absolute Gasteiger partial charge is 0.164 e. The first-order chi connectivity index (χ1) is 25.5. The SMILES string of the molecule is CC1(C)c2ccccc2-c2ccc(-c3nc(-c4ccccc4)nc(-c4ccc5c(c4)oc4cccc(-c6ccc(-c7ccccc7)cc6)c45)n3)cc21. The van der Waals surface area contributed by atoms with Gasteiger partial charge in [-0.25, -0.2) is 15.0 Å². The van der Waals surface area contributed by atoms with Gasteiger partial charge in [-0.05, 0) is 68.8 Å². The molecule has 9 aromatic rings. The molecule has 52 heavy (non-hydrogen) atoms. The van der Waals surface area contributed by atoms with Crippen LogP contribution in [0.15, 0.2) is 168 Å². The summed E-state index contributed by atoms with van der Waals surface area (Å²) in [5, 5.41) is 2.15. The molecule has 246 valence electrons. The third-order valence-corrected chi connectivity index (χ3v) is 10.6. The van der Waals surface area contributed by atoms with E-state index in [2.05, 4.69) is 135 Å². The van der Waals surface area contributed by atoms with Gasteiger partial charge in [-0.1, -0.05) is 153 Å². The first-order valence-electron chi connectivity index (χ1n) is 17.7. The maximum Gasteiger partial charge on any atom is 0.164 e. The van der Waals surface area contributed by atoms with Crippen LogP contribution in [0.4, 0.5) is 0 Å². The molecule has 2 aromatic heterocycles. The zero-order valence-electron chi connectivity index (χ0n) is 28.8. The van der Waals surface area contributed by atoms with Crippen molar-refractivity contribution in [2.75, 3.05) is 0 Å². The van der Waals surface area contributed by atoms with Crippen molar-refractivity contribution in [1.82, 2.24) is 15.0 Å². The van der Waals surface area contributed by atoms with Crippen LogP contribution in [0.25, 0.3) is 89.5 Å². The highest BCUT2D eigenvalue weighted by atomic mass is 16.3. The quantitative estimate of drug-likeness (QED) is 0.183. The van der Waals surface area contributed by atoms with Crippen molar-refractivity contribution >= 4 is 21.9 Å². The summed E-state index contributed by atoms with van der Waals surface area (Å²) in [5.41, 5.74) is 14.2. The Balaban J connectivity index is 1.08. The molecule has 0 bridgehead atoms. The standard InChI is InChI=1S/C48H33N3O/c1-48(2)40-18-10-9-16-37(40)38-26-24-34(28-41(38)48)46-49-45(33-14-7-4-8-15-33)50-47(51-46)35-25-27-39-43(29-35)52-42-19-11-17-36(44(39)42)32-22-20-31(21-23-32)30-12-5-3-6-13-30/h3-29H,1-2H3. The minimum Gasteiger partial charge on any atom is -0.456 e. The lowest BCUT2D eigenvalue weighted by Gasteiger charge is -2.21. The molecule has 0 saturated carbocycles. The van der Waals surface area contributed by atoms with Crippen molar-refractivity contribution in [1.29, 1.82) is 0 Å². The zero-order chi connectivity index (χ0) is 34.8. The Hall–Kier alpha value is -6.65. The van der Waals surface area contributed by atoms with E-state index >= 15 is 0 Å². The summed E-state index contributed by atoms with van der Waals surface area (Å²) in [4.78, 5) is 15.2. The Morgan fingerprint density at radius 1 is 0.385 bits per heavy atom. The molecule has 1 aliphatic rings. The van der Waals surface area contributed by atoms with Crippen LogP contribution < -0.4 is 0 Å². The molecule has 0 spiro atoms. The average molecular weight is 668 g/mol. The summed E-state index contributed by atoms with van der Waals surface area (Å²) in [6, 6.07) is 57.3. The van der Waals surface area contributed by atoms with Crippen molar-refractivity contribution in [2.24, 2.45) is 0 Å². The van der Waals surface area contributed by atoms with Gasteiger partial charge in [0.25, 0.3) is 0 Å². The van der Waals surface area contributed by atoms with Crippen LogP contribution >= 0.6 is 0 Å². The number of furan rings is 1. The van der Waals surface area contributed by atoms with Crippen molar-refractivity contribution in [2.45, 2.75) is 19.3 Å². The fraction of sp³-hybridized carbons (Fsp3) is 0.0625. The van der Waals surface area contributed by atoms with Crippen LogP contribution in [-0.2, 0) is 5.41 Å². The first kappa shape index (κ1) is 30.2. The number of benzene rings is 7. The Kier molecular flexibility index (Phi) is 6.80. The van der Waals surface area contributed by atoms with Gasteiger partial charge in [0.1, 0.15) is 11.2 Å². The van der Waals surface area contributed by atoms with E-state index in [1.807, 2.05) is 42.5 Å². The summed E-state index contributed by atoms with van der Waals surface area (Å²) in [7, 11) is 0. The van der Waals surface area contributed by atoms with Gasteiger partial charge in [-0.2, -0.15) is 0 Å². The van der Waals surface area contributed by atoms with Crippen LogP contribution in [-0.4, -0.2) is 15.0 Å². The van der Waals surface area contributed by atoms with E-state index in [0.717, 1.165) is 49.8 Å². The maximum atomic E-state index is 6.53. The van der Waals surface area contributed by atoms with Gasteiger partial charge in [0.15, 0.2) is 17.5 Å². The lowest BCUT2D eigenvalue weighted by atomic mass is 9.82. The summed E-state index contributed by atoms with van der Waals surface area (Å²) in [6.07, 6.45) is 0. The first-order valence-corrected chi connectivity index (χ1v) is 17.7. The van der Waals surface area contributed by atoms with Crippen molar-refractivity contribution in [3.8, 4) is 67.5 Å². The van der Waals surface area contributed by atoms with E-state index in [9.17, 15) is 0 Å². The van der Waals surface area contributed by atoms with Gasteiger partial charge in [0.05, 0.1) is 0 Å². The van der Waals surface area contributed by atoms with Gasteiger partial charge >= 0.3 is 0 Å². The maximum absolute atomic E-state index is 6.53. The Labute approximate surface area is 302 Å². The van der Waals surface area contributed by atoms with Gasteiger partial charge in [0.2, 0.25) is 0 Å². The molecule has 0 unspecified atom stereocenters. The molecule has 4 nitrogen and oxygen atoms in total. The van der Waals surface area contributed by atoms with Crippen LogP contribution in [0, 0.1) is 0 Å². The molecule has 4 heteroatoms. The van der Waals surface area contributed by atoms with E-state index in [0.29, 0.717) is 17.5 Å². The van der Waals surface area contributed by atoms with Crippen molar-refractivity contribution < 1.29 is 4.42 Å². The van der Waals surface area contributed by atoms with Crippen molar-refractivity contribution in [3.63, 3.8) is 0 Å². The molecule has 0 saturated heterocycles. The largest absolute Gasteiger partial charge is 0.456 e. The molecule has 1 aliphatic carbocycles. The number of nitrogens with zero attached hydrogens (tertiary/aromatic N) is 3. The van der Waals surface area contributed by atoms with Gasteiger partial charge < -0.3 is 4.42 Å². The second-order valence-electron chi connectivity index (χ2n) is 14.0. The summed E-state index contributed by atoms with van der Waals surface area (Å²) in [5.74, 6) is 1.88. The summed E-state index contributed by atoms with van der Waals surface area (Å²) >= 11 is 0. The predicted molar refractivity (Wildman–Crippen MR) is 212 cm³/mol. The fourth-order valence-corrected chi connectivity index (χ4v) is 7.87. The second-order valence-corrected chi connectivity index (χ2v) is 14.0. The normalized spacial score (nSPS) is 13.0. The van der Waals surface area contributed by atoms with Crippen LogP contribution in [0.1, 0.15) is 25.0 Å². The molecule has 0 radical (unpaired) electrons. The van der Waals surface area contributed by atoms with Crippen LogP contribution in [0.2, 0.25) is 0 Å². The number of aromatic nitrogens is 3. The molecule has 7 aromatic carbocycles. The van der Waals surface area contributed by atoms with E-state index in [1.54, 1.807) is 0 Å². The van der Waals surface area contributed by atoms with Gasteiger partial charge in [-0.15, -0.1) is 0 Å². The van der Waals surface area contributed by atoms with Crippen LogP contribution in [0.5, 0.6) is 0 Å². The molecule has 10 rings (SSSR count). The number of hydrogen-bond acceptors (Lipinski definition) is 4. The summed E-state index contributed by atoms with van der Waals surface area (Å²) in [6.45, 7) is 4.59.